The Hall–Kier alpha value is -2.03. The number of nitrogens with zero attached hydrogens (tertiary/aromatic N) is 1. The van der Waals surface area contributed by atoms with Crippen molar-refractivity contribution in [3.8, 4) is 0 Å². The van der Waals surface area contributed by atoms with E-state index in [9.17, 15) is 4.39 Å². The lowest BCUT2D eigenvalue weighted by atomic mass is 9.99. The van der Waals surface area contributed by atoms with E-state index in [0.29, 0.717) is 0 Å². The summed E-state index contributed by atoms with van der Waals surface area (Å²) in [6.07, 6.45) is 5.35. The third-order valence-corrected chi connectivity index (χ3v) is 4.93. The highest BCUT2D eigenvalue weighted by Crippen LogP contribution is 2.28. The van der Waals surface area contributed by atoms with Gasteiger partial charge in [0.1, 0.15) is 5.82 Å². The van der Waals surface area contributed by atoms with E-state index < -0.39 is 0 Å². The number of hydrogen-bond acceptors (Lipinski definition) is 2. The van der Waals surface area contributed by atoms with E-state index in [2.05, 4.69) is 42.3 Å². The summed E-state index contributed by atoms with van der Waals surface area (Å²) in [5.74, 6) is -0.105. The number of aryl methyl sites for hydroxylation is 2. The minimum atomic E-state index is -0.105. The topological polar surface area (TPSA) is 15.3 Å². The molecule has 25 heavy (non-hydrogen) atoms. The second kappa shape index (κ2) is 8.37. The normalized spacial score (nSPS) is 13.6. The minimum absolute atomic E-state index is 0.105. The monoisotopic (exact) mass is 340 g/mol. The van der Waals surface area contributed by atoms with E-state index in [1.165, 1.54) is 36.1 Å². The standard InChI is InChI=1S/C22H29FN2/c1-3-6-18-10-11-20(15-21(18)23)24-16-17-8-9-19-7-5-13-25(12-4-2)22(19)14-17/h8-11,14-15,24H,3-7,12-13,16H2,1-2H3. The summed E-state index contributed by atoms with van der Waals surface area (Å²) >= 11 is 0. The van der Waals surface area contributed by atoms with Crippen LogP contribution < -0.4 is 10.2 Å². The van der Waals surface area contributed by atoms with Crippen molar-refractivity contribution in [1.29, 1.82) is 0 Å². The largest absolute Gasteiger partial charge is 0.381 e. The molecule has 0 bridgehead atoms. The molecule has 1 N–H and O–H groups in total. The molecule has 0 fully saturated rings. The van der Waals surface area contributed by atoms with Gasteiger partial charge in [-0.3, -0.25) is 0 Å². The van der Waals surface area contributed by atoms with Gasteiger partial charge in [0.15, 0.2) is 0 Å². The first-order valence-electron chi connectivity index (χ1n) is 9.60. The fourth-order valence-corrected chi connectivity index (χ4v) is 3.64. The summed E-state index contributed by atoms with van der Waals surface area (Å²) in [6, 6.07) is 12.3. The molecular weight excluding hydrogens is 311 g/mol. The fourth-order valence-electron chi connectivity index (χ4n) is 3.64. The van der Waals surface area contributed by atoms with Gasteiger partial charge in [-0.15, -0.1) is 0 Å². The molecule has 0 atom stereocenters. The lowest BCUT2D eigenvalue weighted by Gasteiger charge is -2.31. The van der Waals surface area contributed by atoms with Crippen LogP contribution in [0.4, 0.5) is 15.8 Å². The molecule has 1 aliphatic rings. The molecule has 0 saturated heterocycles. The number of fused-ring (bicyclic) bond motifs is 1. The highest BCUT2D eigenvalue weighted by Gasteiger charge is 2.16. The Balaban J connectivity index is 1.69. The Morgan fingerprint density at radius 1 is 1.08 bits per heavy atom. The molecule has 2 aromatic rings. The van der Waals surface area contributed by atoms with Crippen molar-refractivity contribution in [2.75, 3.05) is 23.3 Å². The zero-order valence-electron chi connectivity index (χ0n) is 15.4. The molecule has 0 saturated carbocycles. The Morgan fingerprint density at radius 2 is 1.96 bits per heavy atom. The van der Waals surface area contributed by atoms with Crippen molar-refractivity contribution < 1.29 is 4.39 Å². The lowest BCUT2D eigenvalue weighted by molar-refractivity contribution is 0.608. The molecule has 0 radical (unpaired) electrons. The van der Waals surface area contributed by atoms with E-state index in [0.717, 1.165) is 43.7 Å². The lowest BCUT2D eigenvalue weighted by Crippen LogP contribution is -2.30. The molecule has 3 rings (SSSR count). The first kappa shape index (κ1) is 17.8. The predicted octanol–water partition coefficient (Wildman–Crippen LogP) is 5.55. The molecule has 0 unspecified atom stereocenters. The van der Waals surface area contributed by atoms with Crippen LogP contribution in [0, 0.1) is 5.82 Å². The SMILES string of the molecule is CCCc1ccc(NCc2ccc3c(c2)N(CCC)CCC3)cc1F. The number of halogens is 1. The molecule has 1 heterocycles. The molecular formula is C22H29FN2. The average Bonchev–Trinajstić information content (AvgIpc) is 2.63. The molecule has 134 valence electrons. The van der Waals surface area contributed by atoms with Gasteiger partial charge < -0.3 is 10.2 Å². The summed E-state index contributed by atoms with van der Waals surface area (Å²) in [6.45, 7) is 7.30. The smallest absolute Gasteiger partial charge is 0.128 e. The van der Waals surface area contributed by atoms with Gasteiger partial charge in [0.25, 0.3) is 0 Å². The number of anilines is 2. The highest BCUT2D eigenvalue weighted by atomic mass is 19.1. The summed E-state index contributed by atoms with van der Waals surface area (Å²) in [5, 5.41) is 3.37. The van der Waals surface area contributed by atoms with Crippen LogP contribution in [0.25, 0.3) is 0 Å². The summed E-state index contributed by atoms with van der Waals surface area (Å²) in [5.41, 5.74) is 5.74. The summed E-state index contributed by atoms with van der Waals surface area (Å²) in [7, 11) is 0. The van der Waals surface area contributed by atoms with Gasteiger partial charge in [0, 0.05) is 31.0 Å². The molecule has 3 heteroatoms. The molecule has 2 aromatic carbocycles. The summed E-state index contributed by atoms with van der Waals surface area (Å²) in [4.78, 5) is 2.50. The number of rotatable bonds is 7. The fraction of sp³-hybridized carbons (Fsp3) is 0.455. The van der Waals surface area contributed by atoms with Crippen LogP contribution in [0.1, 0.15) is 49.8 Å². The van der Waals surface area contributed by atoms with Crippen molar-refractivity contribution in [1.82, 2.24) is 0 Å². The number of nitrogens with one attached hydrogen (secondary N) is 1. The van der Waals surface area contributed by atoms with Crippen LogP contribution in [0.15, 0.2) is 36.4 Å². The van der Waals surface area contributed by atoms with Crippen molar-refractivity contribution in [3.05, 3.63) is 58.9 Å². The van der Waals surface area contributed by atoms with Crippen molar-refractivity contribution in [2.45, 2.75) is 52.5 Å². The molecule has 0 aromatic heterocycles. The second-order valence-corrected chi connectivity index (χ2v) is 6.96. The first-order chi connectivity index (χ1) is 12.2. The van der Waals surface area contributed by atoms with E-state index in [-0.39, 0.29) is 5.82 Å². The van der Waals surface area contributed by atoms with Crippen molar-refractivity contribution >= 4 is 11.4 Å². The zero-order chi connectivity index (χ0) is 17.6. The van der Waals surface area contributed by atoms with E-state index in [4.69, 9.17) is 0 Å². The van der Waals surface area contributed by atoms with Gasteiger partial charge in [0.05, 0.1) is 0 Å². The van der Waals surface area contributed by atoms with Crippen LogP contribution in [-0.2, 0) is 19.4 Å². The third-order valence-electron chi connectivity index (χ3n) is 4.93. The maximum atomic E-state index is 14.1. The Labute approximate surface area is 151 Å². The van der Waals surface area contributed by atoms with E-state index in [1.807, 2.05) is 12.1 Å². The molecule has 2 nitrogen and oxygen atoms in total. The first-order valence-corrected chi connectivity index (χ1v) is 9.60. The van der Waals surface area contributed by atoms with E-state index >= 15 is 0 Å². The maximum absolute atomic E-state index is 14.1. The van der Waals surface area contributed by atoms with Crippen LogP contribution in [0.2, 0.25) is 0 Å². The van der Waals surface area contributed by atoms with Gasteiger partial charge in [0.2, 0.25) is 0 Å². The average molecular weight is 340 g/mol. The van der Waals surface area contributed by atoms with Crippen molar-refractivity contribution in [2.24, 2.45) is 0 Å². The molecule has 0 amide bonds. The van der Waals surface area contributed by atoms with Gasteiger partial charge in [-0.1, -0.05) is 38.5 Å². The third kappa shape index (κ3) is 4.33. The molecule has 0 spiro atoms. The van der Waals surface area contributed by atoms with E-state index in [1.54, 1.807) is 6.07 Å². The Kier molecular flexibility index (Phi) is 5.95. The molecule has 0 aliphatic carbocycles. The Bertz CT molecular complexity index is 711. The number of benzene rings is 2. The second-order valence-electron chi connectivity index (χ2n) is 6.96. The quantitative estimate of drug-likeness (QED) is 0.710. The van der Waals surface area contributed by atoms with Gasteiger partial charge >= 0.3 is 0 Å². The number of hydrogen-bond donors (Lipinski definition) is 1. The van der Waals surface area contributed by atoms with Crippen LogP contribution in [0.5, 0.6) is 0 Å². The Morgan fingerprint density at radius 3 is 2.72 bits per heavy atom. The van der Waals surface area contributed by atoms with Crippen LogP contribution in [0.3, 0.4) is 0 Å². The minimum Gasteiger partial charge on any atom is -0.381 e. The van der Waals surface area contributed by atoms with Gasteiger partial charge in [-0.2, -0.15) is 0 Å². The van der Waals surface area contributed by atoms with Crippen molar-refractivity contribution in [3.63, 3.8) is 0 Å². The maximum Gasteiger partial charge on any atom is 0.128 e. The van der Waals surface area contributed by atoms with Gasteiger partial charge in [-0.05, 0) is 60.6 Å². The van der Waals surface area contributed by atoms with Crippen LogP contribution >= 0.6 is 0 Å². The molecule has 1 aliphatic heterocycles. The van der Waals surface area contributed by atoms with Gasteiger partial charge in [-0.25, -0.2) is 4.39 Å². The predicted molar refractivity (Wildman–Crippen MR) is 105 cm³/mol. The highest BCUT2D eigenvalue weighted by molar-refractivity contribution is 5.58. The zero-order valence-corrected chi connectivity index (χ0v) is 15.4. The summed E-state index contributed by atoms with van der Waals surface area (Å²) < 4.78 is 14.1. The van der Waals surface area contributed by atoms with Crippen LogP contribution in [-0.4, -0.2) is 13.1 Å².